The van der Waals surface area contributed by atoms with E-state index in [1.54, 1.807) is 0 Å². The van der Waals surface area contributed by atoms with Crippen LogP contribution < -0.4 is 10.2 Å². The van der Waals surface area contributed by atoms with Crippen molar-refractivity contribution in [3.05, 3.63) is 176 Å². The first-order chi connectivity index (χ1) is 18.9. The number of benzene rings is 6. The lowest BCUT2D eigenvalue weighted by atomic mass is 10.0. The van der Waals surface area contributed by atoms with Gasteiger partial charge in [0.1, 0.15) is 0 Å². The molecular formula is C36H30N2. The Labute approximate surface area is 225 Å². The van der Waals surface area contributed by atoms with Crippen molar-refractivity contribution in [2.24, 2.45) is 0 Å². The number of rotatable bonds is 6. The Morgan fingerprint density at radius 3 is 1.03 bits per heavy atom. The molecule has 0 spiro atoms. The summed E-state index contributed by atoms with van der Waals surface area (Å²) in [5.74, 6) is 0. The van der Waals surface area contributed by atoms with Gasteiger partial charge in [-0.25, -0.2) is 0 Å². The maximum Gasteiger partial charge on any atom is 0.0462 e. The van der Waals surface area contributed by atoms with E-state index in [0.29, 0.717) is 0 Å². The molecule has 0 radical (unpaired) electrons. The summed E-state index contributed by atoms with van der Waals surface area (Å²) in [6.07, 6.45) is 0. The van der Waals surface area contributed by atoms with Gasteiger partial charge in [-0.05, 0) is 71.8 Å². The number of nitrogens with one attached hydrogen (secondary N) is 1. The van der Waals surface area contributed by atoms with E-state index in [0.717, 1.165) is 28.4 Å². The lowest BCUT2D eigenvalue weighted by molar-refractivity contribution is 1.28. The van der Waals surface area contributed by atoms with Crippen LogP contribution in [-0.4, -0.2) is 0 Å². The molecule has 0 aliphatic rings. The topological polar surface area (TPSA) is 15.3 Å². The molecular weight excluding hydrogens is 460 g/mol. The Bertz CT molecular complexity index is 1410. The molecule has 184 valence electrons. The van der Waals surface area contributed by atoms with Gasteiger partial charge in [-0.1, -0.05) is 115 Å². The number of hydrogen-bond acceptors (Lipinski definition) is 2. The van der Waals surface area contributed by atoms with Gasteiger partial charge in [0.15, 0.2) is 0 Å². The van der Waals surface area contributed by atoms with Gasteiger partial charge in [-0.2, -0.15) is 0 Å². The van der Waals surface area contributed by atoms with E-state index in [1.807, 2.05) is 78.9 Å². The predicted molar refractivity (Wildman–Crippen MR) is 163 cm³/mol. The lowest BCUT2D eigenvalue weighted by Crippen LogP contribution is -2.09. The summed E-state index contributed by atoms with van der Waals surface area (Å²) in [5.41, 5.74) is 8.16. The average molecular weight is 491 g/mol. The van der Waals surface area contributed by atoms with Gasteiger partial charge in [0.25, 0.3) is 0 Å². The monoisotopic (exact) mass is 490 g/mol. The normalized spacial score (nSPS) is 10.1. The van der Waals surface area contributed by atoms with E-state index >= 15 is 0 Å². The van der Waals surface area contributed by atoms with Crippen LogP contribution in [0.15, 0.2) is 176 Å². The van der Waals surface area contributed by atoms with Crippen LogP contribution in [0.5, 0.6) is 0 Å². The number of nitrogens with zero attached hydrogens (tertiary/aromatic N) is 1. The fourth-order valence-corrected chi connectivity index (χ4v) is 4.24. The zero-order valence-corrected chi connectivity index (χ0v) is 21.2. The van der Waals surface area contributed by atoms with Crippen LogP contribution in [0, 0.1) is 0 Å². The van der Waals surface area contributed by atoms with Crippen molar-refractivity contribution in [3.63, 3.8) is 0 Å². The molecule has 0 saturated carbocycles. The highest BCUT2D eigenvalue weighted by atomic mass is 15.1. The quantitative estimate of drug-likeness (QED) is 0.250. The van der Waals surface area contributed by atoms with Gasteiger partial charge < -0.3 is 10.2 Å². The van der Waals surface area contributed by atoms with Crippen LogP contribution in [0.2, 0.25) is 0 Å². The van der Waals surface area contributed by atoms with E-state index in [1.165, 1.54) is 11.1 Å². The largest absolute Gasteiger partial charge is 0.356 e. The molecule has 1 N–H and O–H groups in total. The number of anilines is 5. The number of hydrogen-bond donors (Lipinski definition) is 1. The molecule has 0 saturated heterocycles. The maximum absolute atomic E-state index is 3.30. The fraction of sp³-hybridized carbons (Fsp3) is 0. The first-order valence-electron chi connectivity index (χ1n) is 12.8. The van der Waals surface area contributed by atoms with Crippen molar-refractivity contribution < 1.29 is 0 Å². The van der Waals surface area contributed by atoms with Crippen LogP contribution in [0.3, 0.4) is 0 Å². The SMILES string of the molecule is c1ccc(-c2ccc(N(c3ccccc3)c3ccccc3)cc2)cc1.c1ccc(Nc2ccccc2)cc1. The zero-order valence-electron chi connectivity index (χ0n) is 21.2. The van der Waals surface area contributed by atoms with Gasteiger partial charge in [-0.15, -0.1) is 0 Å². The molecule has 0 aromatic heterocycles. The van der Waals surface area contributed by atoms with Gasteiger partial charge in [0, 0.05) is 28.4 Å². The van der Waals surface area contributed by atoms with Crippen molar-refractivity contribution in [1.82, 2.24) is 0 Å². The summed E-state index contributed by atoms with van der Waals surface area (Å²) in [6.45, 7) is 0. The fourth-order valence-electron chi connectivity index (χ4n) is 4.24. The number of para-hydroxylation sites is 4. The standard InChI is InChI=1S/C24H19N.C12H11N/c1-4-10-20(11-5-1)21-16-18-24(19-17-21)25(22-12-6-2-7-13-22)23-14-8-3-9-15-23;1-3-7-11(8-4-1)13-12-9-5-2-6-10-12/h1-19H;1-10,13H. The first kappa shape index (κ1) is 24.6. The highest BCUT2D eigenvalue weighted by molar-refractivity contribution is 5.78. The van der Waals surface area contributed by atoms with Crippen molar-refractivity contribution in [3.8, 4) is 11.1 Å². The van der Waals surface area contributed by atoms with Crippen LogP contribution in [0.25, 0.3) is 11.1 Å². The molecule has 6 aromatic rings. The molecule has 0 bridgehead atoms. The molecule has 0 heterocycles. The van der Waals surface area contributed by atoms with Crippen LogP contribution in [0.1, 0.15) is 0 Å². The summed E-state index contributed by atoms with van der Waals surface area (Å²) >= 11 is 0. The summed E-state index contributed by atoms with van der Waals surface area (Å²) < 4.78 is 0. The molecule has 0 atom stereocenters. The third-order valence-corrected chi connectivity index (χ3v) is 6.10. The van der Waals surface area contributed by atoms with Gasteiger partial charge >= 0.3 is 0 Å². The smallest absolute Gasteiger partial charge is 0.0462 e. The van der Waals surface area contributed by atoms with Crippen LogP contribution >= 0.6 is 0 Å². The summed E-state index contributed by atoms with van der Waals surface area (Å²) in [5, 5.41) is 3.30. The highest BCUT2D eigenvalue weighted by Crippen LogP contribution is 2.35. The molecule has 38 heavy (non-hydrogen) atoms. The van der Waals surface area contributed by atoms with E-state index in [9.17, 15) is 0 Å². The Kier molecular flexibility index (Phi) is 8.26. The van der Waals surface area contributed by atoms with E-state index < -0.39 is 0 Å². The second kappa shape index (κ2) is 12.8. The average Bonchev–Trinajstić information content (AvgIpc) is 3.01. The molecule has 0 aliphatic heterocycles. The molecule has 0 fully saturated rings. The third kappa shape index (κ3) is 6.57. The Hall–Kier alpha value is -5.08. The van der Waals surface area contributed by atoms with E-state index in [-0.39, 0.29) is 0 Å². The first-order valence-corrected chi connectivity index (χ1v) is 12.8. The Balaban J connectivity index is 0.000000190. The minimum Gasteiger partial charge on any atom is -0.356 e. The summed E-state index contributed by atoms with van der Waals surface area (Å²) in [4.78, 5) is 2.27. The zero-order chi connectivity index (χ0) is 25.8. The molecule has 6 aromatic carbocycles. The van der Waals surface area contributed by atoms with Crippen LogP contribution in [-0.2, 0) is 0 Å². The van der Waals surface area contributed by atoms with E-state index in [4.69, 9.17) is 0 Å². The summed E-state index contributed by atoms with van der Waals surface area (Å²) in [7, 11) is 0. The summed E-state index contributed by atoms with van der Waals surface area (Å²) in [6, 6.07) is 60.4. The minimum atomic E-state index is 1.12. The second-order valence-corrected chi connectivity index (χ2v) is 8.78. The van der Waals surface area contributed by atoms with E-state index in [2.05, 4.69) is 107 Å². The van der Waals surface area contributed by atoms with Crippen molar-refractivity contribution in [1.29, 1.82) is 0 Å². The van der Waals surface area contributed by atoms with Gasteiger partial charge in [0.2, 0.25) is 0 Å². The Morgan fingerprint density at radius 2 is 0.605 bits per heavy atom. The molecule has 6 rings (SSSR count). The molecule has 0 amide bonds. The van der Waals surface area contributed by atoms with Crippen LogP contribution in [0.4, 0.5) is 28.4 Å². The minimum absolute atomic E-state index is 1.12. The van der Waals surface area contributed by atoms with Crippen molar-refractivity contribution >= 4 is 28.4 Å². The Morgan fingerprint density at radius 1 is 0.289 bits per heavy atom. The van der Waals surface area contributed by atoms with Gasteiger partial charge in [-0.3, -0.25) is 0 Å². The molecule has 0 unspecified atom stereocenters. The van der Waals surface area contributed by atoms with Crippen molar-refractivity contribution in [2.45, 2.75) is 0 Å². The van der Waals surface area contributed by atoms with Crippen molar-refractivity contribution in [2.75, 3.05) is 10.2 Å². The molecule has 2 nitrogen and oxygen atoms in total. The molecule has 0 aliphatic carbocycles. The lowest BCUT2D eigenvalue weighted by Gasteiger charge is -2.25. The molecule has 2 heteroatoms. The highest BCUT2D eigenvalue weighted by Gasteiger charge is 2.11. The maximum atomic E-state index is 3.30. The predicted octanol–water partition coefficient (Wildman–Crippen LogP) is 10.3. The third-order valence-electron chi connectivity index (χ3n) is 6.10. The second-order valence-electron chi connectivity index (χ2n) is 8.78. The van der Waals surface area contributed by atoms with Gasteiger partial charge in [0.05, 0.1) is 0 Å².